The van der Waals surface area contributed by atoms with Crippen LogP contribution in [0.2, 0.25) is 0 Å². The lowest BCUT2D eigenvalue weighted by molar-refractivity contribution is -0.116. The average Bonchev–Trinajstić information content (AvgIpc) is 2.53. The van der Waals surface area contributed by atoms with Crippen molar-refractivity contribution in [3.05, 3.63) is 68.2 Å². The molecule has 7 heteroatoms. The normalized spacial score (nSPS) is 10.9. The lowest BCUT2D eigenvalue weighted by atomic mass is 10.1. The molecule has 3 rings (SSSR count). The molecule has 0 aliphatic carbocycles. The number of aryl methyl sites for hydroxylation is 3. The van der Waals surface area contributed by atoms with Crippen LogP contribution in [0, 0.1) is 20.8 Å². The number of anilines is 1. The lowest BCUT2D eigenvalue weighted by Gasteiger charge is -2.10. The Labute approximate surface area is 149 Å². The van der Waals surface area contributed by atoms with E-state index >= 15 is 0 Å². The van der Waals surface area contributed by atoms with Crippen LogP contribution in [0.3, 0.4) is 0 Å². The predicted molar refractivity (Wildman–Crippen MR) is 98.4 cm³/mol. The van der Waals surface area contributed by atoms with Gasteiger partial charge in [0.25, 0.3) is 0 Å². The van der Waals surface area contributed by atoms with Crippen LogP contribution in [0.25, 0.3) is 11.0 Å². The molecule has 0 radical (unpaired) electrons. The van der Waals surface area contributed by atoms with Gasteiger partial charge in [0.2, 0.25) is 5.91 Å². The van der Waals surface area contributed by atoms with E-state index in [1.807, 2.05) is 13.8 Å². The highest BCUT2D eigenvalue weighted by Crippen LogP contribution is 2.20. The first-order valence-corrected chi connectivity index (χ1v) is 8.23. The van der Waals surface area contributed by atoms with Crippen LogP contribution in [0.4, 0.5) is 5.69 Å². The van der Waals surface area contributed by atoms with Crippen molar-refractivity contribution in [2.75, 3.05) is 5.32 Å². The molecule has 0 spiro atoms. The molecule has 1 amide bonds. The maximum Gasteiger partial charge on any atom is 0.347 e. The van der Waals surface area contributed by atoms with Gasteiger partial charge in [0.1, 0.15) is 5.58 Å². The van der Waals surface area contributed by atoms with Gasteiger partial charge in [0.05, 0.1) is 0 Å². The summed E-state index contributed by atoms with van der Waals surface area (Å²) < 4.78 is 6.64. The van der Waals surface area contributed by atoms with Crippen LogP contribution < -0.4 is 16.6 Å². The maximum atomic E-state index is 12.2. The van der Waals surface area contributed by atoms with Crippen molar-refractivity contribution in [3.8, 4) is 0 Å². The van der Waals surface area contributed by atoms with E-state index in [-0.39, 0.29) is 24.6 Å². The van der Waals surface area contributed by atoms with Crippen molar-refractivity contribution in [1.82, 2.24) is 9.55 Å². The molecule has 0 unspecified atom stereocenters. The molecule has 0 fully saturated rings. The molecule has 1 N–H and O–H groups in total. The summed E-state index contributed by atoms with van der Waals surface area (Å²) in [5, 5.41) is 3.57. The van der Waals surface area contributed by atoms with Gasteiger partial charge in [-0.25, -0.2) is 9.59 Å². The minimum Gasteiger partial charge on any atom is -0.423 e. The SMILES string of the molecule is Cc1cc(C)n(CCC(=O)Nc2ccc3c(C)cc(=O)oc3c2)c(=O)n1. The number of rotatable bonds is 4. The third-order valence-corrected chi connectivity index (χ3v) is 4.14. The number of aromatic nitrogens is 2. The van der Waals surface area contributed by atoms with Gasteiger partial charge in [-0.15, -0.1) is 0 Å². The van der Waals surface area contributed by atoms with Gasteiger partial charge in [0.15, 0.2) is 0 Å². The second kappa shape index (κ2) is 6.95. The van der Waals surface area contributed by atoms with E-state index in [1.165, 1.54) is 10.6 Å². The minimum absolute atomic E-state index is 0.126. The highest BCUT2D eigenvalue weighted by molar-refractivity contribution is 5.93. The van der Waals surface area contributed by atoms with E-state index in [1.54, 1.807) is 31.2 Å². The van der Waals surface area contributed by atoms with Gasteiger partial charge in [-0.1, -0.05) is 0 Å². The molecule has 2 heterocycles. The summed E-state index contributed by atoms with van der Waals surface area (Å²) in [4.78, 5) is 39.5. The second-order valence-corrected chi connectivity index (χ2v) is 6.23. The molecule has 134 valence electrons. The number of carbonyl (C=O) groups excluding carboxylic acids is 1. The van der Waals surface area contributed by atoms with Gasteiger partial charge < -0.3 is 9.73 Å². The number of fused-ring (bicyclic) bond motifs is 1. The lowest BCUT2D eigenvalue weighted by Crippen LogP contribution is -2.27. The molecule has 0 atom stereocenters. The van der Waals surface area contributed by atoms with Gasteiger partial charge in [-0.2, -0.15) is 4.98 Å². The van der Waals surface area contributed by atoms with Gasteiger partial charge in [-0.3, -0.25) is 9.36 Å². The molecule has 1 aromatic carbocycles. The zero-order valence-corrected chi connectivity index (χ0v) is 14.8. The van der Waals surface area contributed by atoms with Crippen molar-refractivity contribution >= 4 is 22.6 Å². The van der Waals surface area contributed by atoms with Crippen LogP contribution in [0.1, 0.15) is 23.4 Å². The first kappa shape index (κ1) is 17.6. The van der Waals surface area contributed by atoms with Crippen molar-refractivity contribution in [3.63, 3.8) is 0 Å². The van der Waals surface area contributed by atoms with Crippen LogP contribution in [0.5, 0.6) is 0 Å². The molecule has 0 aliphatic heterocycles. The first-order chi connectivity index (χ1) is 12.3. The fourth-order valence-electron chi connectivity index (χ4n) is 2.89. The highest BCUT2D eigenvalue weighted by atomic mass is 16.4. The van der Waals surface area contributed by atoms with Crippen molar-refractivity contribution in [2.24, 2.45) is 0 Å². The number of carbonyl (C=O) groups is 1. The molecule has 3 aromatic rings. The molecule has 0 aliphatic rings. The number of amides is 1. The van der Waals surface area contributed by atoms with Crippen LogP contribution >= 0.6 is 0 Å². The largest absolute Gasteiger partial charge is 0.423 e. The van der Waals surface area contributed by atoms with E-state index in [9.17, 15) is 14.4 Å². The fraction of sp³-hybridized carbons (Fsp3) is 0.263. The smallest absolute Gasteiger partial charge is 0.347 e. The summed E-state index contributed by atoms with van der Waals surface area (Å²) in [6.45, 7) is 5.63. The summed E-state index contributed by atoms with van der Waals surface area (Å²) in [5.74, 6) is -0.244. The van der Waals surface area contributed by atoms with Crippen molar-refractivity contribution < 1.29 is 9.21 Å². The third kappa shape index (κ3) is 3.72. The minimum atomic E-state index is -0.430. The topological polar surface area (TPSA) is 94.2 Å². The predicted octanol–water partition coefficient (Wildman–Crippen LogP) is 2.30. The maximum absolute atomic E-state index is 12.2. The summed E-state index contributed by atoms with van der Waals surface area (Å²) >= 11 is 0. The number of nitrogens with zero attached hydrogens (tertiary/aromatic N) is 2. The van der Waals surface area contributed by atoms with Gasteiger partial charge in [-0.05, 0) is 44.5 Å². The van der Waals surface area contributed by atoms with Crippen LogP contribution in [0.15, 0.2) is 44.3 Å². The Kier molecular flexibility index (Phi) is 4.71. The molecule has 0 saturated heterocycles. The number of hydrogen-bond acceptors (Lipinski definition) is 5. The number of hydrogen-bond donors (Lipinski definition) is 1. The standard InChI is InChI=1S/C19H19N3O4/c1-11-8-18(24)26-16-10-14(4-5-15(11)16)21-17(23)6-7-22-13(3)9-12(2)20-19(22)25/h4-5,8-10H,6-7H2,1-3H3,(H,21,23). The summed E-state index contributed by atoms with van der Waals surface area (Å²) in [5.41, 5.74) is 2.39. The Bertz CT molecular complexity index is 1110. The molecule has 2 aromatic heterocycles. The third-order valence-electron chi connectivity index (χ3n) is 4.14. The summed E-state index contributed by atoms with van der Waals surface area (Å²) in [6.07, 6.45) is 0.126. The molecular formula is C19H19N3O4. The number of nitrogens with one attached hydrogen (secondary N) is 1. The fourth-order valence-corrected chi connectivity index (χ4v) is 2.89. The Morgan fingerprint density at radius 1 is 1.15 bits per heavy atom. The van der Waals surface area contributed by atoms with Gasteiger partial charge in [0, 0.05) is 47.6 Å². The summed E-state index contributed by atoms with van der Waals surface area (Å²) in [7, 11) is 0. The molecule has 0 saturated carbocycles. The van der Waals surface area contributed by atoms with Crippen LogP contribution in [-0.4, -0.2) is 15.5 Å². The quantitative estimate of drug-likeness (QED) is 0.726. The zero-order valence-electron chi connectivity index (χ0n) is 14.8. The molecule has 7 nitrogen and oxygen atoms in total. The highest BCUT2D eigenvalue weighted by Gasteiger charge is 2.09. The van der Waals surface area contributed by atoms with Crippen molar-refractivity contribution in [2.45, 2.75) is 33.7 Å². The average molecular weight is 353 g/mol. The van der Waals surface area contributed by atoms with E-state index in [4.69, 9.17) is 4.42 Å². The zero-order chi connectivity index (χ0) is 18.8. The Morgan fingerprint density at radius 3 is 2.65 bits per heavy atom. The Morgan fingerprint density at radius 2 is 1.92 bits per heavy atom. The van der Waals surface area contributed by atoms with E-state index in [2.05, 4.69) is 10.3 Å². The molecule has 26 heavy (non-hydrogen) atoms. The van der Waals surface area contributed by atoms with E-state index in [0.717, 1.165) is 16.6 Å². The molecular weight excluding hydrogens is 334 g/mol. The summed E-state index contributed by atoms with van der Waals surface area (Å²) in [6, 6.07) is 8.38. The van der Waals surface area contributed by atoms with E-state index in [0.29, 0.717) is 17.0 Å². The monoisotopic (exact) mass is 353 g/mol. The number of benzene rings is 1. The van der Waals surface area contributed by atoms with Crippen LogP contribution in [-0.2, 0) is 11.3 Å². The second-order valence-electron chi connectivity index (χ2n) is 6.23. The van der Waals surface area contributed by atoms with Gasteiger partial charge >= 0.3 is 11.3 Å². The molecule has 0 bridgehead atoms. The van der Waals surface area contributed by atoms with Crippen molar-refractivity contribution in [1.29, 1.82) is 0 Å². The Hall–Kier alpha value is -3.22. The first-order valence-electron chi connectivity index (χ1n) is 8.23. The Balaban J connectivity index is 1.73. The van der Waals surface area contributed by atoms with E-state index < -0.39 is 5.63 Å².